The van der Waals surface area contributed by atoms with E-state index in [2.05, 4.69) is 0 Å². The van der Waals surface area contributed by atoms with Gasteiger partial charge in [0.2, 0.25) is 0 Å². The van der Waals surface area contributed by atoms with Gasteiger partial charge in [-0.2, -0.15) is 0 Å². The molecule has 2 aromatic carbocycles. The average molecular weight is 367 g/mol. The summed E-state index contributed by atoms with van der Waals surface area (Å²) in [6.07, 6.45) is 3.90. The van der Waals surface area contributed by atoms with Crippen molar-refractivity contribution < 1.29 is 23.4 Å². The number of fused-ring (bicyclic) bond motifs is 1. The summed E-state index contributed by atoms with van der Waals surface area (Å²) >= 11 is 0. The molecule has 5 heteroatoms. The first-order valence-corrected chi connectivity index (χ1v) is 8.49. The number of ether oxygens (including phenoxy) is 4. The molecule has 0 aliphatic heterocycles. The van der Waals surface area contributed by atoms with E-state index in [9.17, 15) is 0 Å². The molecule has 1 aromatic heterocycles. The van der Waals surface area contributed by atoms with E-state index in [1.54, 1.807) is 28.4 Å². The molecule has 140 valence electrons. The number of rotatable bonds is 6. The highest BCUT2D eigenvalue weighted by Gasteiger charge is 2.17. The molecule has 5 nitrogen and oxygen atoms in total. The van der Waals surface area contributed by atoms with Crippen LogP contribution in [0.5, 0.6) is 23.0 Å². The van der Waals surface area contributed by atoms with Crippen LogP contribution < -0.4 is 18.9 Å². The maximum atomic E-state index is 5.95. The van der Waals surface area contributed by atoms with Gasteiger partial charge in [0.05, 0.1) is 40.7 Å². The van der Waals surface area contributed by atoms with Gasteiger partial charge in [-0.05, 0) is 29.8 Å². The van der Waals surface area contributed by atoms with E-state index in [0.29, 0.717) is 23.0 Å². The molecule has 0 saturated carbocycles. The lowest BCUT2D eigenvalue weighted by Gasteiger charge is -2.08. The summed E-state index contributed by atoms with van der Waals surface area (Å²) in [5, 5.41) is 1.96. The Balaban J connectivity index is 2.07. The summed E-state index contributed by atoms with van der Waals surface area (Å²) in [5.74, 6) is 4.26. The second kappa shape index (κ2) is 7.99. The highest BCUT2D eigenvalue weighted by atomic mass is 16.5. The lowest BCUT2D eigenvalue weighted by Crippen LogP contribution is -1.92. The van der Waals surface area contributed by atoms with Crippen LogP contribution in [-0.4, -0.2) is 28.4 Å². The second-order valence-corrected chi connectivity index (χ2v) is 5.96. The summed E-state index contributed by atoms with van der Waals surface area (Å²) in [7, 11) is 6.48. The number of hydrogen-bond donors (Lipinski definition) is 0. The van der Waals surface area contributed by atoms with Crippen LogP contribution in [0.3, 0.4) is 0 Å². The van der Waals surface area contributed by atoms with Gasteiger partial charge in [0.1, 0.15) is 0 Å². The molecule has 3 aromatic rings. The summed E-state index contributed by atoms with van der Waals surface area (Å²) in [4.78, 5) is 0. The minimum atomic E-state index is 0.657. The Bertz CT molecular complexity index is 992. The monoisotopic (exact) mass is 367 g/mol. The van der Waals surface area contributed by atoms with E-state index >= 15 is 0 Å². The van der Waals surface area contributed by atoms with E-state index in [1.807, 2.05) is 55.5 Å². The molecule has 0 aliphatic rings. The fourth-order valence-electron chi connectivity index (χ4n) is 2.96. The molecular weight excluding hydrogens is 344 g/mol. The third-order valence-corrected chi connectivity index (χ3v) is 4.29. The van der Waals surface area contributed by atoms with Crippen molar-refractivity contribution in [2.45, 2.75) is 6.92 Å². The van der Waals surface area contributed by atoms with Crippen LogP contribution in [-0.2, 0) is 0 Å². The van der Waals surface area contributed by atoms with Crippen LogP contribution in [0.4, 0.5) is 0 Å². The van der Waals surface area contributed by atoms with Gasteiger partial charge in [0.25, 0.3) is 0 Å². The first kappa shape index (κ1) is 18.6. The van der Waals surface area contributed by atoms with Crippen LogP contribution >= 0.6 is 0 Å². The lowest BCUT2D eigenvalue weighted by atomic mass is 10.1. The van der Waals surface area contributed by atoms with E-state index in [-0.39, 0.29) is 0 Å². The lowest BCUT2D eigenvalue weighted by molar-refractivity contribution is 0.355. The third-order valence-electron chi connectivity index (χ3n) is 4.29. The summed E-state index contributed by atoms with van der Waals surface area (Å²) in [6.45, 7) is 1.92. The molecule has 0 fully saturated rings. The van der Waals surface area contributed by atoms with Gasteiger partial charge in [0.15, 0.2) is 23.0 Å². The number of methoxy groups -OCH3 is 4. The molecule has 0 spiro atoms. The zero-order valence-corrected chi connectivity index (χ0v) is 16.2. The molecule has 0 amide bonds. The van der Waals surface area contributed by atoms with Crippen molar-refractivity contribution in [1.29, 1.82) is 0 Å². The molecule has 1 heterocycles. The van der Waals surface area contributed by atoms with Crippen LogP contribution in [0.25, 0.3) is 22.9 Å². The van der Waals surface area contributed by atoms with Crippen LogP contribution in [0.2, 0.25) is 0 Å². The van der Waals surface area contributed by atoms with Crippen LogP contribution in [0, 0.1) is 6.92 Å². The number of hydrogen-bond acceptors (Lipinski definition) is 4. The molecule has 0 atom stereocenters. The molecule has 0 N–H and O–H groups in total. The van der Waals surface area contributed by atoms with Crippen molar-refractivity contribution in [3.63, 3.8) is 0 Å². The first-order valence-electron chi connectivity index (χ1n) is 8.49. The van der Waals surface area contributed by atoms with Gasteiger partial charge < -0.3 is 18.9 Å². The fourth-order valence-corrected chi connectivity index (χ4v) is 2.96. The normalized spacial score (nSPS) is 11.0. The Morgan fingerprint density at radius 1 is 0.704 bits per heavy atom. The van der Waals surface area contributed by atoms with Crippen molar-refractivity contribution in [3.05, 3.63) is 53.5 Å². The number of aryl methyl sites for hydroxylation is 1. The molecule has 0 radical (unpaired) electrons. The largest absolute Gasteiger partial charge is 0.493 e. The Morgan fingerprint density at radius 3 is 2.00 bits per heavy atom. The molecule has 0 bridgehead atoms. The number of benzene rings is 2. The summed E-state index contributed by atoms with van der Waals surface area (Å²) in [6, 6.07) is 11.6. The van der Waals surface area contributed by atoms with Crippen molar-refractivity contribution in [2.24, 2.45) is 0 Å². The van der Waals surface area contributed by atoms with Crippen molar-refractivity contribution >= 4 is 22.9 Å². The molecule has 0 unspecified atom stereocenters. The van der Waals surface area contributed by atoms with Crippen molar-refractivity contribution in [2.75, 3.05) is 28.4 Å². The van der Waals surface area contributed by atoms with Gasteiger partial charge in [-0.3, -0.25) is 0 Å². The Labute approximate surface area is 158 Å². The zero-order valence-electron chi connectivity index (χ0n) is 16.2. The average Bonchev–Trinajstić information content (AvgIpc) is 2.70. The maximum Gasteiger partial charge on any atom is 0.360 e. The molecular formula is C22H23O5+. The minimum absolute atomic E-state index is 0.657. The van der Waals surface area contributed by atoms with E-state index in [1.165, 1.54) is 0 Å². The molecule has 3 rings (SSSR count). The van der Waals surface area contributed by atoms with Gasteiger partial charge >= 0.3 is 11.5 Å². The second-order valence-electron chi connectivity index (χ2n) is 5.96. The van der Waals surface area contributed by atoms with Gasteiger partial charge in [0, 0.05) is 23.6 Å². The van der Waals surface area contributed by atoms with Crippen molar-refractivity contribution in [3.8, 4) is 23.0 Å². The third kappa shape index (κ3) is 3.82. The molecule has 0 aliphatic carbocycles. The highest BCUT2D eigenvalue weighted by molar-refractivity contribution is 5.93. The van der Waals surface area contributed by atoms with Gasteiger partial charge in [-0.15, -0.1) is 0 Å². The Kier molecular flexibility index (Phi) is 5.50. The Hall–Kier alpha value is -3.21. The van der Waals surface area contributed by atoms with Gasteiger partial charge in [-0.1, -0.05) is 6.07 Å². The topological polar surface area (TPSA) is 48.2 Å². The SMILES string of the molecule is COc1ccc(/C=C/c2[o+]c(C)cc3cc(OC)c(OC)cc23)cc1OC. The molecule has 27 heavy (non-hydrogen) atoms. The van der Waals surface area contributed by atoms with E-state index in [0.717, 1.165) is 27.9 Å². The predicted molar refractivity (Wildman–Crippen MR) is 107 cm³/mol. The fraction of sp³-hybridized carbons (Fsp3) is 0.227. The summed E-state index contributed by atoms with van der Waals surface area (Å²) < 4.78 is 27.4. The van der Waals surface area contributed by atoms with E-state index in [4.69, 9.17) is 23.4 Å². The first-order chi connectivity index (χ1) is 13.1. The zero-order chi connectivity index (χ0) is 19.4. The van der Waals surface area contributed by atoms with Crippen LogP contribution in [0.15, 0.2) is 40.8 Å². The smallest absolute Gasteiger partial charge is 0.360 e. The quantitative estimate of drug-likeness (QED) is 0.559. The summed E-state index contributed by atoms with van der Waals surface area (Å²) in [5.41, 5.74) is 0.970. The maximum absolute atomic E-state index is 5.95. The standard InChI is InChI=1S/C22H23O5/c1-14-10-16-12-21(25-4)22(26-5)13-17(16)18(27-14)8-6-15-7-9-19(23-2)20(11-15)24-3/h6-13H,1-5H3/q+1/b8-6+. The predicted octanol–water partition coefficient (Wildman–Crippen LogP) is 5.23. The Morgan fingerprint density at radius 2 is 1.33 bits per heavy atom. The minimum Gasteiger partial charge on any atom is -0.493 e. The highest BCUT2D eigenvalue weighted by Crippen LogP contribution is 2.35. The van der Waals surface area contributed by atoms with E-state index < -0.39 is 0 Å². The van der Waals surface area contributed by atoms with Crippen molar-refractivity contribution in [1.82, 2.24) is 0 Å². The van der Waals surface area contributed by atoms with Gasteiger partial charge in [-0.25, -0.2) is 4.42 Å². The van der Waals surface area contributed by atoms with Crippen LogP contribution in [0.1, 0.15) is 17.1 Å². The molecule has 0 saturated heterocycles.